The maximum absolute atomic E-state index is 11.8. The standard InChI is InChI=1S/C14H11BrO6/c1-14(2)20-12(18)9(13(19)21-14)6-8-5-7(11(16)17)3-4-10(8)15/h3-6H,1-2H3,(H,16,17). The SMILES string of the molecule is CC1(C)OC(=O)C(=Cc2cc(C(=O)O)ccc2Br)C(=O)O1. The van der Waals surface area contributed by atoms with Gasteiger partial charge in [0.25, 0.3) is 5.79 Å². The summed E-state index contributed by atoms with van der Waals surface area (Å²) in [5, 5.41) is 8.96. The van der Waals surface area contributed by atoms with Crippen LogP contribution in [-0.4, -0.2) is 28.8 Å². The Balaban J connectivity index is 2.44. The van der Waals surface area contributed by atoms with E-state index in [2.05, 4.69) is 15.9 Å². The third-order valence-corrected chi connectivity index (χ3v) is 3.38. The van der Waals surface area contributed by atoms with Crippen molar-refractivity contribution in [3.63, 3.8) is 0 Å². The number of benzene rings is 1. The third-order valence-electron chi connectivity index (χ3n) is 2.66. The Kier molecular flexibility index (Phi) is 3.87. The quantitative estimate of drug-likeness (QED) is 0.498. The molecule has 1 fully saturated rings. The molecule has 0 amide bonds. The number of carbonyl (C=O) groups is 3. The molecule has 1 saturated heterocycles. The van der Waals surface area contributed by atoms with Gasteiger partial charge in [0, 0.05) is 18.3 Å². The van der Waals surface area contributed by atoms with E-state index in [1.54, 1.807) is 0 Å². The van der Waals surface area contributed by atoms with Crippen LogP contribution in [0.4, 0.5) is 0 Å². The largest absolute Gasteiger partial charge is 0.478 e. The van der Waals surface area contributed by atoms with Gasteiger partial charge in [0.2, 0.25) is 0 Å². The smallest absolute Gasteiger partial charge is 0.348 e. The minimum absolute atomic E-state index is 0.0305. The predicted molar refractivity (Wildman–Crippen MR) is 75.3 cm³/mol. The van der Waals surface area contributed by atoms with Gasteiger partial charge in [-0.15, -0.1) is 0 Å². The molecule has 1 aromatic rings. The minimum Gasteiger partial charge on any atom is -0.478 e. The molecule has 0 aromatic heterocycles. The van der Waals surface area contributed by atoms with Crippen LogP contribution in [0.5, 0.6) is 0 Å². The molecule has 1 aliphatic heterocycles. The normalized spacial score (nSPS) is 17.0. The van der Waals surface area contributed by atoms with E-state index in [0.29, 0.717) is 10.0 Å². The molecule has 7 heteroatoms. The fourth-order valence-electron chi connectivity index (χ4n) is 1.72. The monoisotopic (exact) mass is 354 g/mol. The van der Waals surface area contributed by atoms with Crippen LogP contribution in [0.1, 0.15) is 29.8 Å². The van der Waals surface area contributed by atoms with E-state index >= 15 is 0 Å². The minimum atomic E-state index is -1.31. The second kappa shape index (κ2) is 5.33. The van der Waals surface area contributed by atoms with Crippen molar-refractivity contribution in [2.45, 2.75) is 19.6 Å². The lowest BCUT2D eigenvalue weighted by molar-refractivity contribution is -0.222. The second-order valence-corrected chi connectivity index (χ2v) is 5.63. The summed E-state index contributed by atoms with van der Waals surface area (Å²) in [6.07, 6.45) is 1.23. The first kappa shape index (κ1) is 15.2. The summed E-state index contributed by atoms with van der Waals surface area (Å²) < 4.78 is 10.5. The third kappa shape index (κ3) is 3.30. The lowest BCUT2D eigenvalue weighted by atomic mass is 10.1. The Morgan fingerprint density at radius 3 is 2.33 bits per heavy atom. The molecule has 21 heavy (non-hydrogen) atoms. The van der Waals surface area contributed by atoms with E-state index in [4.69, 9.17) is 14.6 Å². The van der Waals surface area contributed by atoms with Crippen LogP contribution < -0.4 is 0 Å². The van der Waals surface area contributed by atoms with Crippen LogP contribution >= 0.6 is 15.9 Å². The summed E-state index contributed by atoms with van der Waals surface area (Å²) in [7, 11) is 0. The van der Waals surface area contributed by atoms with E-state index in [1.165, 1.54) is 38.1 Å². The molecule has 0 radical (unpaired) electrons. The van der Waals surface area contributed by atoms with Gasteiger partial charge in [-0.2, -0.15) is 0 Å². The summed E-state index contributed by atoms with van der Waals surface area (Å²) >= 11 is 3.23. The van der Waals surface area contributed by atoms with E-state index in [1.807, 2.05) is 0 Å². The number of aromatic carboxylic acids is 1. The lowest BCUT2D eigenvalue weighted by Crippen LogP contribution is -2.41. The first-order valence-corrected chi connectivity index (χ1v) is 6.70. The second-order valence-electron chi connectivity index (χ2n) is 4.78. The van der Waals surface area contributed by atoms with Crippen molar-refractivity contribution < 1.29 is 29.0 Å². The number of esters is 2. The van der Waals surface area contributed by atoms with Crippen molar-refractivity contribution in [1.29, 1.82) is 0 Å². The van der Waals surface area contributed by atoms with E-state index in [0.717, 1.165) is 0 Å². The Labute approximate surface area is 128 Å². The van der Waals surface area contributed by atoms with Crippen LogP contribution in [-0.2, 0) is 19.1 Å². The van der Waals surface area contributed by atoms with Crippen molar-refractivity contribution in [2.24, 2.45) is 0 Å². The Hall–Kier alpha value is -2.15. The Morgan fingerprint density at radius 1 is 1.24 bits per heavy atom. The lowest BCUT2D eigenvalue weighted by Gasteiger charge is -2.29. The molecule has 0 unspecified atom stereocenters. The van der Waals surface area contributed by atoms with Gasteiger partial charge in [0.15, 0.2) is 0 Å². The zero-order chi connectivity index (χ0) is 15.8. The summed E-state index contributed by atoms with van der Waals surface area (Å²) in [6.45, 7) is 2.89. The molecule has 0 spiro atoms. The number of ether oxygens (including phenoxy) is 2. The zero-order valence-electron chi connectivity index (χ0n) is 11.2. The summed E-state index contributed by atoms with van der Waals surface area (Å²) in [6, 6.07) is 4.24. The number of hydrogen-bond donors (Lipinski definition) is 1. The van der Waals surface area contributed by atoms with Crippen molar-refractivity contribution >= 4 is 39.9 Å². The van der Waals surface area contributed by atoms with Gasteiger partial charge in [-0.25, -0.2) is 14.4 Å². The molecular formula is C14H11BrO6. The topological polar surface area (TPSA) is 89.9 Å². The molecule has 2 rings (SSSR count). The van der Waals surface area contributed by atoms with Crippen LogP contribution in [0.15, 0.2) is 28.2 Å². The Morgan fingerprint density at radius 2 is 1.81 bits per heavy atom. The van der Waals surface area contributed by atoms with E-state index in [9.17, 15) is 14.4 Å². The fraction of sp³-hybridized carbons (Fsp3) is 0.214. The molecule has 1 aromatic carbocycles. The highest BCUT2D eigenvalue weighted by atomic mass is 79.9. The maximum atomic E-state index is 11.8. The van der Waals surface area contributed by atoms with Crippen LogP contribution in [0.2, 0.25) is 0 Å². The average molecular weight is 355 g/mol. The number of cyclic esters (lactones) is 2. The maximum Gasteiger partial charge on any atom is 0.348 e. The van der Waals surface area contributed by atoms with Crippen molar-refractivity contribution in [3.05, 3.63) is 39.4 Å². The van der Waals surface area contributed by atoms with Crippen molar-refractivity contribution in [3.8, 4) is 0 Å². The fourth-order valence-corrected chi connectivity index (χ4v) is 2.08. The van der Waals surface area contributed by atoms with Crippen LogP contribution in [0, 0.1) is 0 Å². The van der Waals surface area contributed by atoms with E-state index in [-0.39, 0.29) is 11.1 Å². The van der Waals surface area contributed by atoms with Crippen LogP contribution in [0.3, 0.4) is 0 Å². The van der Waals surface area contributed by atoms with Crippen molar-refractivity contribution in [2.75, 3.05) is 0 Å². The van der Waals surface area contributed by atoms with Gasteiger partial charge in [-0.05, 0) is 29.8 Å². The molecule has 0 atom stereocenters. The highest BCUT2D eigenvalue weighted by Crippen LogP contribution is 2.27. The molecule has 0 saturated carbocycles. The molecule has 1 heterocycles. The molecule has 6 nitrogen and oxygen atoms in total. The van der Waals surface area contributed by atoms with Gasteiger partial charge in [-0.3, -0.25) is 0 Å². The first-order chi connectivity index (χ1) is 9.69. The predicted octanol–water partition coefficient (Wildman–Crippen LogP) is 2.37. The average Bonchev–Trinajstić information content (AvgIpc) is 2.34. The number of carbonyl (C=O) groups excluding carboxylic acids is 2. The highest BCUT2D eigenvalue weighted by Gasteiger charge is 2.38. The summed E-state index contributed by atoms with van der Waals surface area (Å²) in [4.78, 5) is 34.6. The van der Waals surface area contributed by atoms with E-state index < -0.39 is 23.7 Å². The molecule has 0 bridgehead atoms. The Bertz CT molecular complexity index is 652. The summed E-state index contributed by atoms with van der Waals surface area (Å²) in [5.41, 5.74) is 0.0963. The molecule has 1 N–H and O–H groups in total. The molecule has 1 aliphatic rings. The number of halogens is 1. The number of rotatable bonds is 2. The number of carboxylic acids is 1. The molecular weight excluding hydrogens is 344 g/mol. The van der Waals surface area contributed by atoms with Gasteiger partial charge in [0.1, 0.15) is 5.57 Å². The molecule has 0 aliphatic carbocycles. The first-order valence-electron chi connectivity index (χ1n) is 5.91. The zero-order valence-corrected chi connectivity index (χ0v) is 12.8. The summed E-state index contributed by atoms with van der Waals surface area (Å²) in [5.74, 6) is -4.06. The van der Waals surface area contributed by atoms with Gasteiger partial charge >= 0.3 is 17.9 Å². The highest BCUT2D eigenvalue weighted by molar-refractivity contribution is 9.10. The van der Waals surface area contributed by atoms with Gasteiger partial charge in [-0.1, -0.05) is 15.9 Å². The van der Waals surface area contributed by atoms with Crippen molar-refractivity contribution in [1.82, 2.24) is 0 Å². The molecule has 110 valence electrons. The number of carboxylic acid groups (broad SMARTS) is 1. The van der Waals surface area contributed by atoms with Crippen LogP contribution in [0.25, 0.3) is 6.08 Å². The number of hydrogen-bond acceptors (Lipinski definition) is 5. The van der Waals surface area contributed by atoms with Gasteiger partial charge < -0.3 is 14.6 Å². The van der Waals surface area contributed by atoms with Gasteiger partial charge in [0.05, 0.1) is 5.56 Å².